The Morgan fingerprint density at radius 1 is 1.36 bits per heavy atom. The minimum absolute atomic E-state index is 0.0933. The Morgan fingerprint density at radius 3 is 3.05 bits per heavy atom. The average molecular weight is 320 g/mol. The maximum Gasteiger partial charge on any atom is 0.255 e. The van der Waals surface area contributed by atoms with E-state index in [0.29, 0.717) is 18.3 Å². The van der Waals surface area contributed by atoms with E-state index >= 15 is 0 Å². The lowest BCUT2D eigenvalue weighted by atomic mass is 10.2. The Kier molecular flexibility index (Phi) is 3.30. The van der Waals surface area contributed by atoms with Crippen LogP contribution in [0, 0.1) is 13.8 Å². The van der Waals surface area contributed by atoms with Crippen LogP contribution in [0.2, 0.25) is 0 Å². The quantitative estimate of drug-likeness (QED) is 0.787. The van der Waals surface area contributed by atoms with Gasteiger partial charge in [0.2, 0.25) is 10.1 Å². The molecule has 116 valence electrons. The van der Waals surface area contributed by atoms with Crippen molar-refractivity contribution in [3.8, 4) is 0 Å². The van der Waals surface area contributed by atoms with E-state index < -0.39 is 0 Å². The molecule has 0 saturated carbocycles. The first-order valence-corrected chi connectivity index (χ1v) is 8.01. The fourth-order valence-electron chi connectivity index (χ4n) is 2.56. The summed E-state index contributed by atoms with van der Waals surface area (Å²) in [5, 5.41) is 12.4. The molecule has 1 fully saturated rings. The molecule has 8 nitrogen and oxygen atoms in total. The van der Waals surface area contributed by atoms with Gasteiger partial charge in [-0.3, -0.25) is 0 Å². The number of aryl methyl sites for hydroxylation is 2. The second kappa shape index (κ2) is 5.33. The van der Waals surface area contributed by atoms with Crippen LogP contribution in [0.1, 0.15) is 36.4 Å². The predicted octanol–water partition coefficient (Wildman–Crippen LogP) is 2.12. The molecule has 1 aliphatic rings. The van der Waals surface area contributed by atoms with Crippen molar-refractivity contribution in [3.05, 3.63) is 23.6 Å². The number of hydrogen-bond donors (Lipinski definition) is 1. The first kappa shape index (κ1) is 13.6. The number of ether oxygens (including phenoxy) is 1. The predicted molar refractivity (Wildman–Crippen MR) is 80.0 cm³/mol. The molecule has 0 radical (unpaired) electrons. The third-order valence-electron chi connectivity index (χ3n) is 3.57. The SMILES string of the molecule is Cc1cn2nc(NC[C@H]3CC[C@@H](c4nc(C)no4)O3)sc2n1. The van der Waals surface area contributed by atoms with Crippen molar-refractivity contribution < 1.29 is 9.26 Å². The number of imidazole rings is 1. The largest absolute Gasteiger partial charge is 0.363 e. The van der Waals surface area contributed by atoms with Crippen LogP contribution in [0.25, 0.3) is 4.96 Å². The van der Waals surface area contributed by atoms with Crippen LogP contribution in [0.3, 0.4) is 0 Å². The van der Waals surface area contributed by atoms with Gasteiger partial charge >= 0.3 is 0 Å². The van der Waals surface area contributed by atoms with Gasteiger partial charge in [-0.2, -0.15) is 4.98 Å². The summed E-state index contributed by atoms with van der Waals surface area (Å²) >= 11 is 1.54. The highest BCUT2D eigenvalue weighted by atomic mass is 32.1. The molecule has 2 atom stereocenters. The molecule has 0 unspecified atom stereocenters. The van der Waals surface area contributed by atoms with E-state index in [4.69, 9.17) is 9.26 Å². The highest BCUT2D eigenvalue weighted by Crippen LogP contribution is 2.32. The fourth-order valence-corrected chi connectivity index (χ4v) is 3.40. The standard InChI is InChI=1S/C13H16N6O2S/c1-7-6-19-13(15-7)22-12(17-19)14-5-9-3-4-10(20-9)11-16-8(2)18-21-11/h6,9-10H,3-5H2,1-2H3,(H,14,17)/t9-,10+/m1/s1. The zero-order valence-electron chi connectivity index (χ0n) is 12.3. The Balaban J connectivity index is 1.35. The maximum atomic E-state index is 5.95. The lowest BCUT2D eigenvalue weighted by Crippen LogP contribution is -2.19. The van der Waals surface area contributed by atoms with Crippen molar-refractivity contribution in [1.29, 1.82) is 0 Å². The highest BCUT2D eigenvalue weighted by Gasteiger charge is 2.30. The average Bonchev–Trinajstić information content (AvgIpc) is 3.19. The van der Waals surface area contributed by atoms with Crippen LogP contribution < -0.4 is 5.32 Å². The van der Waals surface area contributed by atoms with Gasteiger partial charge < -0.3 is 14.6 Å². The number of rotatable bonds is 4. The fraction of sp³-hybridized carbons (Fsp3) is 0.538. The third kappa shape index (κ3) is 2.57. The Bertz CT molecular complexity index is 762. The van der Waals surface area contributed by atoms with Crippen LogP contribution in [0.15, 0.2) is 10.7 Å². The summed E-state index contributed by atoms with van der Waals surface area (Å²) in [4.78, 5) is 9.51. The van der Waals surface area contributed by atoms with Crippen molar-refractivity contribution in [2.45, 2.75) is 38.9 Å². The highest BCUT2D eigenvalue weighted by molar-refractivity contribution is 7.20. The summed E-state index contributed by atoms with van der Waals surface area (Å²) in [6, 6.07) is 0. The molecular weight excluding hydrogens is 304 g/mol. The van der Waals surface area contributed by atoms with Gasteiger partial charge in [0.1, 0.15) is 6.10 Å². The molecule has 0 bridgehead atoms. The van der Waals surface area contributed by atoms with Gasteiger partial charge in [-0.15, -0.1) is 5.10 Å². The summed E-state index contributed by atoms with van der Waals surface area (Å²) < 4.78 is 12.9. The van der Waals surface area contributed by atoms with E-state index in [0.717, 1.165) is 28.6 Å². The number of hydrogen-bond acceptors (Lipinski definition) is 8. The molecule has 1 saturated heterocycles. The van der Waals surface area contributed by atoms with Crippen molar-refractivity contribution in [1.82, 2.24) is 24.7 Å². The number of nitrogens with one attached hydrogen (secondary N) is 1. The molecule has 1 N–H and O–H groups in total. The smallest absolute Gasteiger partial charge is 0.255 e. The molecule has 0 amide bonds. The zero-order chi connectivity index (χ0) is 15.1. The van der Waals surface area contributed by atoms with Crippen LogP contribution in [0.5, 0.6) is 0 Å². The van der Waals surface area contributed by atoms with Gasteiger partial charge in [0, 0.05) is 6.54 Å². The van der Waals surface area contributed by atoms with E-state index in [9.17, 15) is 0 Å². The minimum atomic E-state index is -0.0933. The molecule has 1 aliphatic heterocycles. The van der Waals surface area contributed by atoms with Crippen molar-refractivity contribution in [2.24, 2.45) is 0 Å². The molecule has 3 aromatic rings. The summed E-state index contributed by atoms with van der Waals surface area (Å²) in [5.74, 6) is 1.21. The molecule has 0 aliphatic carbocycles. The van der Waals surface area contributed by atoms with Crippen LogP contribution in [-0.4, -0.2) is 37.4 Å². The van der Waals surface area contributed by atoms with E-state index in [1.807, 2.05) is 20.0 Å². The topological polar surface area (TPSA) is 90.4 Å². The summed E-state index contributed by atoms with van der Waals surface area (Å²) in [6.07, 6.45) is 3.80. The van der Waals surface area contributed by atoms with Crippen LogP contribution in [-0.2, 0) is 4.74 Å². The first-order chi connectivity index (χ1) is 10.7. The van der Waals surface area contributed by atoms with Gasteiger partial charge in [0.05, 0.1) is 18.0 Å². The maximum absolute atomic E-state index is 5.95. The zero-order valence-corrected chi connectivity index (χ0v) is 13.1. The molecule has 22 heavy (non-hydrogen) atoms. The van der Waals surface area contributed by atoms with E-state index in [1.54, 1.807) is 4.52 Å². The lowest BCUT2D eigenvalue weighted by Gasteiger charge is -2.11. The molecule has 4 rings (SSSR count). The van der Waals surface area contributed by atoms with Crippen molar-refractivity contribution >= 4 is 21.4 Å². The first-order valence-electron chi connectivity index (χ1n) is 7.20. The summed E-state index contributed by atoms with van der Waals surface area (Å²) in [5.41, 5.74) is 0.974. The van der Waals surface area contributed by atoms with E-state index in [2.05, 4.69) is 25.5 Å². The molecular formula is C13H16N6O2S. The van der Waals surface area contributed by atoms with Crippen LogP contribution >= 0.6 is 11.3 Å². The Hall–Kier alpha value is -2.00. The summed E-state index contributed by atoms with van der Waals surface area (Å²) in [7, 11) is 0. The molecule has 0 aromatic carbocycles. The van der Waals surface area contributed by atoms with Gasteiger partial charge in [-0.1, -0.05) is 16.5 Å². The van der Waals surface area contributed by atoms with Crippen molar-refractivity contribution in [3.63, 3.8) is 0 Å². The Labute approximate surface area is 130 Å². The second-order valence-electron chi connectivity index (χ2n) is 5.40. The number of anilines is 1. The van der Waals surface area contributed by atoms with Gasteiger partial charge in [-0.05, 0) is 26.7 Å². The third-order valence-corrected chi connectivity index (χ3v) is 4.45. The molecule has 3 aromatic heterocycles. The lowest BCUT2D eigenvalue weighted by molar-refractivity contribution is 0.0326. The van der Waals surface area contributed by atoms with E-state index in [1.165, 1.54) is 11.3 Å². The Morgan fingerprint density at radius 2 is 2.27 bits per heavy atom. The van der Waals surface area contributed by atoms with Crippen LogP contribution in [0.4, 0.5) is 5.13 Å². The molecule has 4 heterocycles. The number of nitrogens with zero attached hydrogens (tertiary/aromatic N) is 5. The van der Waals surface area contributed by atoms with Crippen molar-refractivity contribution in [2.75, 3.05) is 11.9 Å². The normalized spacial score (nSPS) is 21.7. The van der Waals surface area contributed by atoms with Gasteiger partial charge in [-0.25, -0.2) is 9.50 Å². The molecule has 9 heteroatoms. The number of fused-ring (bicyclic) bond motifs is 1. The summed E-state index contributed by atoms with van der Waals surface area (Å²) in [6.45, 7) is 4.47. The monoisotopic (exact) mass is 320 g/mol. The minimum Gasteiger partial charge on any atom is -0.363 e. The van der Waals surface area contributed by atoms with E-state index in [-0.39, 0.29) is 12.2 Å². The van der Waals surface area contributed by atoms with Gasteiger partial charge in [0.15, 0.2) is 5.82 Å². The molecule has 0 spiro atoms. The second-order valence-corrected chi connectivity index (χ2v) is 6.36. The number of aromatic nitrogens is 5. The van der Waals surface area contributed by atoms with Gasteiger partial charge in [0.25, 0.3) is 5.89 Å².